The first-order chi connectivity index (χ1) is 5.20. The summed E-state index contributed by atoms with van der Waals surface area (Å²) in [6.07, 6.45) is 2.17. The summed E-state index contributed by atoms with van der Waals surface area (Å²) in [5.74, 6) is 1.03. The molecule has 0 aromatic heterocycles. The number of allylic oxidation sites excluding steroid dienone is 4. The zero-order valence-electron chi connectivity index (χ0n) is 7.06. The molecular formula is C10H11O. The second-order valence-corrected chi connectivity index (χ2v) is 3.07. The molecule has 1 aliphatic carbocycles. The third-order valence-electron chi connectivity index (χ3n) is 2.34. The first kappa shape index (κ1) is 6.71. The van der Waals surface area contributed by atoms with E-state index in [1.54, 1.807) is 0 Å². The van der Waals surface area contributed by atoms with Crippen LogP contribution in [0.15, 0.2) is 34.1 Å². The van der Waals surface area contributed by atoms with Gasteiger partial charge in [0.15, 0.2) is 6.61 Å². The van der Waals surface area contributed by atoms with Gasteiger partial charge in [-0.1, -0.05) is 6.08 Å². The zero-order chi connectivity index (χ0) is 8.01. The molecule has 1 heteroatoms. The van der Waals surface area contributed by atoms with Gasteiger partial charge in [0.1, 0.15) is 5.76 Å². The van der Waals surface area contributed by atoms with Gasteiger partial charge in [-0.25, -0.2) is 0 Å². The van der Waals surface area contributed by atoms with Gasteiger partial charge in [0, 0.05) is 11.1 Å². The van der Waals surface area contributed by atoms with Gasteiger partial charge < -0.3 is 4.74 Å². The second kappa shape index (κ2) is 2.00. The highest BCUT2D eigenvalue weighted by Gasteiger charge is 2.25. The van der Waals surface area contributed by atoms with Crippen LogP contribution in [0.5, 0.6) is 0 Å². The van der Waals surface area contributed by atoms with E-state index >= 15 is 0 Å². The minimum Gasteiger partial charge on any atom is -0.485 e. The summed E-state index contributed by atoms with van der Waals surface area (Å²) >= 11 is 0. The fourth-order valence-corrected chi connectivity index (χ4v) is 1.60. The van der Waals surface area contributed by atoms with E-state index in [2.05, 4.69) is 19.9 Å². The van der Waals surface area contributed by atoms with Gasteiger partial charge in [-0.15, -0.1) is 0 Å². The Bertz CT molecular complexity index is 303. The van der Waals surface area contributed by atoms with Crippen LogP contribution in [0.3, 0.4) is 0 Å². The van der Waals surface area contributed by atoms with Gasteiger partial charge in [-0.3, -0.25) is 0 Å². The molecule has 0 aromatic rings. The summed E-state index contributed by atoms with van der Waals surface area (Å²) in [6.45, 7) is 8.11. The molecule has 11 heavy (non-hydrogen) atoms. The normalized spacial score (nSPS) is 22.3. The molecular weight excluding hydrogens is 136 g/mol. The molecule has 57 valence electrons. The third kappa shape index (κ3) is 0.770. The van der Waals surface area contributed by atoms with Crippen molar-refractivity contribution in [3.05, 3.63) is 40.7 Å². The molecule has 1 heterocycles. The van der Waals surface area contributed by atoms with E-state index in [0.29, 0.717) is 0 Å². The van der Waals surface area contributed by atoms with Crippen molar-refractivity contribution in [3.63, 3.8) is 0 Å². The van der Waals surface area contributed by atoms with Crippen LogP contribution in [-0.2, 0) is 4.74 Å². The Hall–Kier alpha value is -0.980. The molecule has 0 saturated carbocycles. The highest BCUT2D eigenvalue weighted by molar-refractivity contribution is 5.63. The van der Waals surface area contributed by atoms with E-state index in [0.717, 1.165) is 5.76 Å². The van der Waals surface area contributed by atoms with Crippen molar-refractivity contribution >= 4 is 0 Å². The van der Waals surface area contributed by atoms with Crippen molar-refractivity contribution in [1.82, 2.24) is 0 Å². The van der Waals surface area contributed by atoms with Gasteiger partial charge in [-0.2, -0.15) is 0 Å². The lowest BCUT2D eigenvalue weighted by Gasteiger charge is -1.98. The molecule has 2 aliphatic rings. The lowest BCUT2D eigenvalue weighted by Crippen LogP contribution is -1.82. The molecule has 0 N–H and O–H groups in total. The molecule has 0 fully saturated rings. The van der Waals surface area contributed by atoms with Gasteiger partial charge in [0.25, 0.3) is 0 Å². The highest BCUT2D eigenvalue weighted by atomic mass is 16.5. The van der Waals surface area contributed by atoms with E-state index < -0.39 is 0 Å². The van der Waals surface area contributed by atoms with Crippen LogP contribution in [0.2, 0.25) is 0 Å². The first-order valence-electron chi connectivity index (χ1n) is 3.81. The van der Waals surface area contributed by atoms with E-state index in [-0.39, 0.29) is 0 Å². The Kier molecular flexibility index (Phi) is 1.22. The Balaban J connectivity index is 2.57. The summed E-state index contributed by atoms with van der Waals surface area (Å²) < 4.78 is 5.29. The molecule has 0 amide bonds. The second-order valence-electron chi connectivity index (χ2n) is 3.07. The summed E-state index contributed by atoms with van der Waals surface area (Å²) in [5, 5.41) is 0. The average Bonchev–Trinajstić information content (AvgIpc) is 2.41. The van der Waals surface area contributed by atoms with E-state index in [9.17, 15) is 0 Å². The maximum absolute atomic E-state index is 5.29. The third-order valence-corrected chi connectivity index (χ3v) is 2.34. The van der Waals surface area contributed by atoms with Crippen LogP contribution in [-0.4, -0.2) is 0 Å². The summed E-state index contributed by atoms with van der Waals surface area (Å²) in [5.41, 5.74) is 5.24. The Morgan fingerprint density at radius 3 is 2.55 bits per heavy atom. The van der Waals surface area contributed by atoms with Crippen LogP contribution < -0.4 is 0 Å². The van der Waals surface area contributed by atoms with Crippen molar-refractivity contribution in [2.75, 3.05) is 0 Å². The van der Waals surface area contributed by atoms with Crippen LogP contribution in [0.4, 0.5) is 0 Å². The predicted octanol–water partition coefficient (Wildman–Crippen LogP) is 2.73. The van der Waals surface area contributed by atoms with Crippen molar-refractivity contribution in [3.8, 4) is 0 Å². The Morgan fingerprint density at radius 1 is 1.18 bits per heavy atom. The van der Waals surface area contributed by atoms with Gasteiger partial charge in [0.05, 0.1) is 0 Å². The lowest BCUT2D eigenvalue weighted by molar-refractivity contribution is 0.325. The molecule has 0 atom stereocenters. The molecule has 0 aromatic carbocycles. The van der Waals surface area contributed by atoms with Gasteiger partial charge >= 0.3 is 0 Å². The number of hydrogen-bond acceptors (Lipinski definition) is 1. The topological polar surface area (TPSA) is 9.23 Å². The number of hydrogen-bond donors (Lipinski definition) is 0. The van der Waals surface area contributed by atoms with Crippen molar-refractivity contribution in [2.24, 2.45) is 0 Å². The number of rotatable bonds is 0. The minimum atomic E-state index is 1.03. The molecule has 0 unspecified atom stereocenters. The van der Waals surface area contributed by atoms with Crippen LogP contribution in [0, 0.1) is 6.61 Å². The monoisotopic (exact) mass is 147 g/mol. The van der Waals surface area contributed by atoms with E-state index in [1.165, 1.54) is 22.3 Å². The van der Waals surface area contributed by atoms with Crippen molar-refractivity contribution < 1.29 is 4.74 Å². The van der Waals surface area contributed by atoms with Gasteiger partial charge in [-0.05, 0) is 31.9 Å². The van der Waals surface area contributed by atoms with Crippen molar-refractivity contribution in [2.45, 2.75) is 20.8 Å². The molecule has 2 rings (SSSR count). The molecule has 1 nitrogen and oxygen atoms in total. The summed E-state index contributed by atoms with van der Waals surface area (Å²) in [4.78, 5) is 0. The number of ether oxygens (including phenoxy) is 1. The van der Waals surface area contributed by atoms with Crippen molar-refractivity contribution in [1.29, 1.82) is 0 Å². The minimum absolute atomic E-state index is 1.03. The standard InChI is InChI=1S/C10H11O/c1-6-4-9-5-11-8(3)10(9)7(6)2/h4-5H,1-3H3. The summed E-state index contributed by atoms with van der Waals surface area (Å²) in [7, 11) is 0. The summed E-state index contributed by atoms with van der Waals surface area (Å²) in [6, 6.07) is 0. The quantitative estimate of drug-likeness (QED) is 0.512. The van der Waals surface area contributed by atoms with E-state index in [4.69, 9.17) is 4.74 Å². The zero-order valence-corrected chi connectivity index (χ0v) is 7.06. The largest absolute Gasteiger partial charge is 0.485 e. The van der Waals surface area contributed by atoms with Crippen LogP contribution in [0.1, 0.15) is 20.8 Å². The van der Waals surface area contributed by atoms with E-state index in [1.807, 2.05) is 13.5 Å². The fraction of sp³-hybridized carbons (Fsp3) is 0.300. The average molecular weight is 147 g/mol. The molecule has 0 saturated heterocycles. The lowest BCUT2D eigenvalue weighted by atomic mass is 10.1. The Morgan fingerprint density at radius 2 is 1.91 bits per heavy atom. The van der Waals surface area contributed by atoms with Crippen LogP contribution >= 0.6 is 0 Å². The maximum atomic E-state index is 5.29. The van der Waals surface area contributed by atoms with Gasteiger partial charge in [0.2, 0.25) is 0 Å². The Labute approximate surface area is 67.1 Å². The SMILES string of the molecule is CC1=C(C)C2=C(C)O[CH]C2=C1. The van der Waals surface area contributed by atoms with Crippen LogP contribution in [0.25, 0.3) is 0 Å². The molecule has 1 aliphatic heterocycles. The maximum Gasteiger partial charge on any atom is 0.165 e. The molecule has 0 bridgehead atoms. The first-order valence-corrected chi connectivity index (χ1v) is 3.81. The fourth-order valence-electron chi connectivity index (χ4n) is 1.60. The predicted molar refractivity (Wildman–Crippen MR) is 44.5 cm³/mol. The molecule has 0 spiro atoms. The molecule has 1 radical (unpaired) electrons. The highest BCUT2D eigenvalue weighted by Crippen LogP contribution is 2.39. The smallest absolute Gasteiger partial charge is 0.165 e. The number of fused-ring (bicyclic) bond motifs is 1.